The van der Waals surface area contributed by atoms with Crippen LogP contribution in [0.3, 0.4) is 0 Å². The summed E-state index contributed by atoms with van der Waals surface area (Å²) >= 11 is 2.24. The molecule has 0 fully saturated rings. The van der Waals surface area contributed by atoms with Crippen LogP contribution in [0.5, 0.6) is 11.8 Å². The molecule has 0 radical (unpaired) electrons. The van der Waals surface area contributed by atoms with Gasteiger partial charge < -0.3 is 10.5 Å². The van der Waals surface area contributed by atoms with Crippen LogP contribution in [0.4, 0.5) is 0 Å². The summed E-state index contributed by atoms with van der Waals surface area (Å²) in [6.45, 7) is 0.434. The summed E-state index contributed by atoms with van der Waals surface area (Å²) in [5.41, 5.74) is 6.33. The van der Waals surface area contributed by atoms with Crippen LogP contribution in [0.25, 0.3) is 0 Å². The van der Waals surface area contributed by atoms with Crippen molar-refractivity contribution in [2.45, 2.75) is 6.54 Å². The van der Waals surface area contributed by atoms with Crippen molar-refractivity contribution >= 4 is 22.6 Å². The van der Waals surface area contributed by atoms with Gasteiger partial charge in [-0.3, -0.25) is 0 Å². The molecule has 16 heavy (non-hydrogen) atoms. The van der Waals surface area contributed by atoms with Crippen LogP contribution in [0, 0.1) is 3.57 Å². The Morgan fingerprint density at radius 2 is 1.75 bits per heavy atom. The van der Waals surface area contributed by atoms with Crippen LogP contribution in [-0.2, 0) is 6.54 Å². The molecular weight excluding hydrogens is 317 g/mol. The van der Waals surface area contributed by atoms with Gasteiger partial charge in [-0.25, -0.2) is 9.97 Å². The summed E-state index contributed by atoms with van der Waals surface area (Å²) in [4.78, 5) is 8.10. The zero-order valence-electron chi connectivity index (χ0n) is 8.43. The molecular formula is C11H10IN3O. The number of rotatable bonds is 3. The summed E-state index contributed by atoms with van der Waals surface area (Å²) in [7, 11) is 0. The van der Waals surface area contributed by atoms with Crippen molar-refractivity contribution < 1.29 is 4.74 Å². The minimum absolute atomic E-state index is 0.332. The SMILES string of the molecule is NCc1cnc(Oc2ccc(I)cc2)nc1. The fourth-order valence-corrected chi connectivity index (χ4v) is 1.47. The number of aromatic nitrogens is 2. The van der Waals surface area contributed by atoms with Crippen molar-refractivity contribution in [3.05, 3.63) is 45.8 Å². The van der Waals surface area contributed by atoms with Crippen molar-refractivity contribution in [1.29, 1.82) is 0 Å². The molecule has 5 heteroatoms. The second-order valence-electron chi connectivity index (χ2n) is 3.13. The molecule has 82 valence electrons. The lowest BCUT2D eigenvalue weighted by Crippen LogP contribution is -1.99. The number of hydrogen-bond donors (Lipinski definition) is 1. The number of nitrogens with zero attached hydrogens (tertiary/aromatic N) is 2. The van der Waals surface area contributed by atoms with Gasteiger partial charge in [0.2, 0.25) is 0 Å². The van der Waals surface area contributed by atoms with E-state index in [0.29, 0.717) is 12.6 Å². The van der Waals surface area contributed by atoms with Crippen LogP contribution in [-0.4, -0.2) is 9.97 Å². The third-order valence-electron chi connectivity index (χ3n) is 1.94. The fraction of sp³-hybridized carbons (Fsp3) is 0.0909. The van der Waals surface area contributed by atoms with Gasteiger partial charge >= 0.3 is 6.01 Å². The Morgan fingerprint density at radius 1 is 1.12 bits per heavy atom. The molecule has 2 N–H and O–H groups in total. The van der Waals surface area contributed by atoms with Crippen LogP contribution < -0.4 is 10.5 Å². The first-order valence-corrected chi connectivity index (χ1v) is 5.80. The third-order valence-corrected chi connectivity index (χ3v) is 2.66. The maximum absolute atomic E-state index is 5.47. The molecule has 0 aliphatic carbocycles. The lowest BCUT2D eigenvalue weighted by atomic mass is 10.3. The Kier molecular flexibility index (Phi) is 3.68. The molecule has 2 rings (SSSR count). The molecule has 0 atom stereocenters. The Bertz CT molecular complexity index is 456. The molecule has 0 unspecified atom stereocenters. The van der Waals surface area contributed by atoms with E-state index < -0.39 is 0 Å². The smallest absolute Gasteiger partial charge is 0.321 e. The number of benzene rings is 1. The van der Waals surface area contributed by atoms with E-state index >= 15 is 0 Å². The van der Waals surface area contributed by atoms with E-state index in [0.717, 1.165) is 14.9 Å². The first-order chi connectivity index (χ1) is 7.78. The molecule has 0 spiro atoms. The zero-order valence-corrected chi connectivity index (χ0v) is 10.6. The maximum Gasteiger partial charge on any atom is 0.321 e. The third kappa shape index (κ3) is 2.89. The topological polar surface area (TPSA) is 61.0 Å². The van der Waals surface area contributed by atoms with Crippen LogP contribution in [0.2, 0.25) is 0 Å². The van der Waals surface area contributed by atoms with Crippen LogP contribution >= 0.6 is 22.6 Å². The normalized spacial score (nSPS) is 10.1. The van der Waals surface area contributed by atoms with Crippen molar-refractivity contribution in [2.24, 2.45) is 5.73 Å². The second-order valence-corrected chi connectivity index (χ2v) is 4.38. The van der Waals surface area contributed by atoms with Crippen molar-refractivity contribution in [2.75, 3.05) is 0 Å². The molecule has 2 aromatic rings. The summed E-state index contributed by atoms with van der Waals surface area (Å²) < 4.78 is 6.62. The molecule has 4 nitrogen and oxygen atoms in total. The molecule has 0 bridgehead atoms. The van der Waals surface area contributed by atoms with Gasteiger partial charge in [0.1, 0.15) is 5.75 Å². The standard InChI is InChI=1S/C11H10IN3O/c12-9-1-3-10(4-2-9)16-11-14-6-8(5-13)7-15-11/h1-4,6-7H,5,13H2. The van der Waals surface area contributed by atoms with E-state index in [1.807, 2.05) is 24.3 Å². The van der Waals surface area contributed by atoms with Gasteiger partial charge in [0.05, 0.1) is 0 Å². The van der Waals surface area contributed by atoms with E-state index in [9.17, 15) is 0 Å². The van der Waals surface area contributed by atoms with E-state index in [2.05, 4.69) is 32.6 Å². The summed E-state index contributed by atoms with van der Waals surface area (Å²) in [5, 5.41) is 0. The molecule has 0 aliphatic heterocycles. The highest BCUT2D eigenvalue weighted by Gasteiger charge is 2.00. The lowest BCUT2D eigenvalue weighted by molar-refractivity contribution is 0.441. The molecule has 0 amide bonds. The van der Waals surface area contributed by atoms with E-state index in [1.54, 1.807) is 12.4 Å². The fourth-order valence-electron chi connectivity index (χ4n) is 1.11. The second kappa shape index (κ2) is 5.22. The van der Waals surface area contributed by atoms with Crippen LogP contribution in [0.15, 0.2) is 36.7 Å². The summed E-state index contributed by atoms with van der Waals surface area (Å²) in [6.07, 6.45) is 3.32. The monoisotopic (exact) mass is 327 g/mol. The Morgan fingerprint density at radius 3 is 2.31 bits per heavy atom. The van der Waals surface area contributed by atoms with Gasteiger partial charge in [-0.05, 0) is 46.9 Å². The average molecular weight is 327 g/mol. The van der Waals surface area contributed by atoms with Gasteiger partial charge in [-0.15, -0.1) is 0 Å². The molecule has 0 saturated heterocycles. The quantitative estimate of drug-likeness (QED) is 0.879. The lowest BCUT2D eigenvalue weighted by Gasteiger charge is -2.03. The molecule has 1 aromatic carbocycles. The Hall–Kier alpha value is -1.21. The van der Waals surface area contributed by atoms with Gasteiger partial charge in [0.15, 0.2) is 0 Å². The minimum atomic E-state index is 0.332. The van der Waals surface area contributed by atoms with E-state index in [4.69, 9.17) is 10.5 Å². The predicted molar refractivity (Wildman–Crippen MR) is 69.2 cm³/mol. The van der Waals surface area contributed by atoms with Gasteiger partial charge in [0, 0.05) is 28.1 Å². The number of ether oxygens (including phenoxy) is 1. The average Bonchev–Trinajstić information content (AvgIpc) is 2.33. The minimum Gasteiger partial charge on any atom is -0.424 e. The van der Waals surface area contributed by atoms with Crippen molar-refractivity contribution in [3.63, 3.8) is 0 Å². The molecule has 1 heterocycles. The molecule has 0 saturated carbocycles. The largest absolute Gasteiger partial charge is 0.424 e. The van der Waals surface area contributed by atoms with Crippen molar-refractivity contribution in [3.8, 4) is 11.8 Å². The maximum atomic E-state index is 5.47. The summed E-state index contributed by atoms with van der Waals surface area (Å²) in [6, 6.07) is 8.01. The van der Waals surface area contributed by atoms with Gasteiger partial charge in [-0.2, -0.15) is 0 Å². The van der Waals surface area contributed by atoms with E-state index in [1.165, 1.54) is 0 Å². The zero-order chi connectivity index (χ0) is 11.4. The van der Waals surface area contributed by atoms with Crippen LogP contribution in [0.1, 0.15) is 5.56 Å². The molecule has 0 aliphatic rings. The first kappa shape index (κ1) is 11.3. The molecule has 1 aromatic heterocycles. The summed E-state index contributed by atoms with van der Waals surface area (Å²) in [5.74, 6) is 0.723. The number of nitrogens with two attached hydrogens (primary N) is 1. The Labute approximate surface area is 107 Å². The highest BCUT2D eigenvalue weighted by atomic mass is 127. The van der Waals surface area contributed by atoms with E-state index in [-0.39, 0.29) is 0 Å². The van der Waals surface area contributed by atoms with Crippen molar-refractivity contribution in [1.82, 2.24) is 9.97 Å². The number of halogens is 1. The predicted octanol–water partition coefficient (Wildman–Crippen LogP) is 2.33. The highest BCUT2D eigenvalue weighted by molar-refractivity contribution is 14.1. The number of hydrogen-bond acceptors (Lipinski definition) is 4. The van der Waals surface area contributed by atoms with Gasteiger partial charge in [-0.1, -0.05) is 0 Å². The Balaban J connectivity index is 2.11. The first-order valence-electron chi connectivity index (χ1n) is 4.72. The highest BCUT2D eigenvalue weighted by Crippen LogP contribution is 2.18. The van der Waals surface area contributed by atoms with Gasteiger partial charge in [0.25, 0.3) is 0 Å².